The Hall–Kier alpha value is -3.25. The molecule has 0 bridgehead atoms. The highest BCUT2D eigenvalue weighted by molar-refractivity contribution is 6.30. The second kappa shape index (κ2) is 6.81. The molecule has 2 heterocycles. The lowest BCUT2D eigenvalue weighted by Crippen LogP contribution is -2.32. The molecule has 2 aliphatic rings. The second-order valence-electron chi connectivity index (χ2n) is 6.58. The average Bonchev–Trinajstić information content (AvgIpc) is 3.14. The molecule has 1 N–H and O–H groups in total. The summed E-state index contributed by atoms with van der Waals surface area (Å²) in [5.41, 5.74) is 3.39. The molecule has 0 saturated carbocycles. The fraction of sp³-hybridized carbons (Fsp3) is 0.190. The summed E-state index contributed by atoms with van der Waals surface area (Å²) in [7, 11) is 0. The molecule has 6 heteroatoms. The number of carbonyl (C=O) groups excluding carboxylic acids is 1. The lowest BCUT2D eigenvalue weighted by molar-refractivity contribution is -0.114. The molecule has 2 aliphatic heterocycles. The first kappa shape index (κ1) is 17.2. The highest BCUT2D eigenvalue weighted by Crippen LogP contribution is 2.30. The number of rotatable bonds is 3. The molecule has 6 nitrogen and oxygen atoms in total. The molecule has 1 amide bonds. The van der Waals surface area contributed by atoms with Crippen molar-refractivity contribution >= 4 is 28.7 Å². The Morgan fingerprint density at radius 2 is 1.52 bits per heavy atom. The van der Waals surface area contributed by atoms with Gasteiger partial charge in [0.1, 0.15) is 0 Å². The van der Waals surface area contributed by atoms with Gasteiger partial charge in [0, 0.05) is 5.71 Å². The third-order valence-corrected chi connectivity index (χ3v) is 4.75. The standard InChI is InChI=1S/C21H20N4O2/c1-14-18(20(26)24(22-14)16-9-5-3-6-10-16)13-19-15(2)23-25(21(19)27)17-11-7-4-8-12-17/h3-13,18,20,26H,1-2H3/b19-13-/t18-,20-/m1/s1. The minimum Gasteiger partial charge on any atom is -0.371 e. The number of anilines is 2. The average molecular weight is 360 g/mol. The number of amides is 1. The van der Waals surface area contributed by atoms with Crippen molar-refractivity contribution in [3.8, 4) is 0 Å². The van der Waals surface area contributed by atoms with Crippen molar-refractivity contribution in [2.45, 2.75) is 20.1 Å². The zero-order chi connectivity index (χ0) is 19.0. The minimum absolute atomic E-state index is 0.197. The molecule has 0 aromatic heterocycles. The Labute approximate surface area is 157 Å². The van der Waals surface area contributed by atoms with E-state index in [4.69, 9.17) is 0 Å². The maximum absolute atomic E-state index is 12.9. The smallest absolute Gasteiger partial charge is 0.280 e. The Kier molecular flexibility index (Phi) is 4.33. The molecule has 0 unspecified atom stereocenters. The first-order chi connectivity index (χ1) is 13.1. The van der Waals surface area contributed by atoms with Gasteiger partial charge in [0.15, 0.2) is 6.23 Å². The second-order valence-corrected chi connectivity index (χ2v) is 6.58. The molecule has 0 saturated heterocycles. The van der Waals surface area contributed by atoms with Gasteiger partial charge in [-0.25, -0.2) is 5.01 Å². The van der Waals surface area contributed by atoms with Crippen LogP contribution in [-0.4, -0.2) is 28.7 Å². The third kappa shape index (κ3) is 3.04. The van der Waals surface area contributed by atoms with Crippen LogP contribution < -0.4 is 10.0 Å². The quantitative estimate of drug-likeness (QED) is 0.855. The molecule has 0 spiro atoms. The largest absolute Gasteiger partial charge is 0.371 e. The molecule has 0 radical (unpaired) electrons. The maximum atomic E-state index is 12.9. The van der Waals surface area contributed by atoms with Gasteiger partial charge in [-0.2, -0.15) is 15.2 Å². The van der Waals surface area contributed by atoms with Gasteiger partial charge in [-0.1, -0.05) is 42.5 Å². The number of para-hydroxylation sites is 2. The Bertz CT molecular complexity index is 951. The number of hydrogen-bond donors (Lipinski definition) is 1. The minimum atomic E-state index is -0.869. The van der Waals surface area contributed by atoms with Crippen LogP contribution in [0.15, 0.2) is 82.5 Å². The lowest BCUT2D eigenvalue weighted by Gasteiger charge is -2.22. The summed E-state index contributed by atoms with van der Waals surface area (Å²) in [6, 6.07) is 18.8. The molecule has 4 rings (SSSR count). The third-order valence-electron chi connectivity index (χ3n) is 4.75. The van der Waals surface area contributed by atoms with E-state index in [2.05, 4.69) is 10.2 Å². The van der Waals surface area contributed by atoms with Crippen LogP contribution in [-0.2, 0) is 4.79 Å². The molecular weight excluding hydrogens is 340 g/mol. The summed E-state index contributed by atoms with van der Waals surface area (Å²) in [4.78, 5) is 12.9. The number of nitrogens with zero attached hydrogens (tertiary/aromatic N) is 4. The summed E-state index contributed by atoms with van der Waals surface area (Å²) in [6.45, 7) is 3.66. The highest BCUT2D eigenvalue weighted by atomic mass is 16.3. The molecule has 27 heavy (non-hydrogen) atoms. The molecule has 0 fully saturated rings. The van der Waals surface area contributed by atoms with Crippen molar-refractivity contribution in [2.24, 2.45) is 16.1 Å². The predicted octanol–water partition coefficient (Wildman–Crippen LogP) is 3.17. The number of hydrogen-bond acceptors (Lipinski definition) is 5. The van der Waals surface area contributed by atoms with Crippen LogP contribution in [0, 0.1) is 5.92 Å². The molecule has 136 valence electrons. The predicted molar refractivity (Wildman–Crippen MR) is 107 cm³/mol. The molecule has 2 aromatic rings. The van der Waals surface area contributed by atoms with E-state index in [1.54, 1.807) is 18.0 Å². The summed E-state index contributed by atoms with van der Waals surface area (Å²) in [6.07, 6.45) is 0.905. The van der Waals surface area contributed by atoms with Crippen molar-refractivity contribution in [3.63, 3.8) is 0 Å². The van der Waals surface area contributed by atoms with Gasteiger partial charge in [0.25, 0.3) is 5.91 Å². The Balaban J connectivity index is 1.62. The van der Waals surface area contributed by atoms with Crippen LogP contribution in [0.4, 0.5) is 11.4 Å². The van der Waals surface area contributed by atoms with Gasteiger partial charge in [-0.05, 0) is 38.1 Å². The molecule has 2 atom stereocenters. The maximum Gasteiger partial charge on any atom is 0.280 e. The number of benzene rings is 2. The topological polar surface area (TPSA) is 68.5 Å². The van der Waals surface area contributed by atoms with E-state index in [0.29, 0.717) is 17.0 Å². The molecule has 2 aromatic carbocycles. The summed E-state index contributed by atoms with van der Waals surface area (Å²) in [5, 5.41) is 22.6. The summed E-state index contributed by atoms with van der Waals surface area (Å²) < 4.78 is 0. The fourth-order valence-electron chi connectivity index (χ4n) is 3.30. The number of aliphatic hydroxyl groups is 1. The van der Waals surface area contributed by atoms with Gasteiger partial charge in [-0.3, -0.25) is 4.79 Å². The van der Waals surface area contributed by atoms with Crippen LogP contribution in [0.5, 0.6) is 0 Å². The van der Waals surface area contributed by atoms with Crippen LogP contribution in [0.25, 0.3) is 0 Å². The number of carbonyl (C=O) groups is 1. The van der Waals surface area contributed by atoms with E-state index in [0.717, 1.165) is 11.4 Å². The van der Waals surface area contributed by atoms with Gasteiger partial charge in [0.2, 0.25) is 0 Å². The van der Waals surface area contributed by atoms with E-state index < -0.39 is 6.23 Å². The summed E-state index contributed by atoms with van der Waals surface area (Å²) in [5.74, 6) is -0.582. The zero-order valence-corrected chi connectivity index (χ0v) is 15.1. The highest BCUT2D eigenvalue weighted by Gasteiger charge is 2.36. The van der Waals surface area contributed by atoms with Gasteiger partial charge < -0.3 is 5.11 Å². The van der Waals surface area contributed by atoms with E-state index in [9.17, 15) is 9.90 Å². The van der Waals surface area contributed by atoms with Gasteiger partial charge >= 0.3 is 0 Å². The molecule has 0 aliphatic carbocycles. The van der Waals surface area contributed by atoms with E-state index in [-0.39, 0.29) is 11.8 Å². The lowest BCUT2D eigenvalue weighted by atomic mass is 9.98. The van der Waals surface area contributed by atoms with E-state index in [1.165, 1.54) is 5.01 Å². The molecular formula is C21H20N4O2. The fourth-order valence-corrected chi connectivity index (χ4v) is 3.30. The summed E-state index contributed by atoms with van der Waals surface area (Å²) >= 11 is 0. The van der Waals surface area contributed by atoms with Crippen molar-refractivity contribution in [1.29, 1.82) is 0 Å². The zero-order valence-electron chi connectivity index (χ0n) is 15.1. The van der Waals surface area contributed by atoms with Crippen molar-refractivity contribution < 1.29 is 9.90 Å². The first-order valence-corrected chi connectivity index (χ1v) is 8.80. The van der Waals surface area contributed by atoms with E-state index >= 15 is 0 Å². The van der Waals surface area contributed by atoms with Crippen LogP contribution in [0.3, 0.4) is 0 Å². The number of hydrazone groups is 2. The van der Waals surface area contributed by atoms with Crippen LogP contribution >= 0.6 is 0 Å². The van der Waals surface area contributed by atoms with Crippen LogP contribution in [0.2, 0.25) is 0 Å². The Morgan fingerprint density at radius 1 is 0.926 bits per heavy atom. The van der Waals surface area contributed by atoms with Gasteiger partial charge in [0.05, 0.1) is 28.6 Å². The number of aliphatic hydroxyl groups excluding tert-OH is 1. The van der Waals surface area contributed by atoms with Crippen molar-refractivity contribution in [1.82, 2.24) is 0 Å². The van der Waals surface area contributed by atoms with Gasteiger partial charge in [-0.15, -0.1) is 0 Å². The SMILES string of the molecule is CC1=NN(c2ccccc2)C(=O)/C1=C\[C@@H]1C(C)=NN(c2ccccc2)[C@@H]1O. The van der Waals surface area contributed by atoms with E-state index in [1.807, 2.05) is 67.6 Å². The normalized spacial score (nSPS) is 23.8. The van der Waals surface area contributed by atoms with Crippen molar-refractivity contribution in [3.05, 3.63) is 72.3 Å². The Morgan fingerprint density at radius 3 is 2.15 bits per heavy atom. The van der Waals surface area contributed by atoms with Crippen LogP contribution in [0.1, 0.15) is 13.8 Å². The van der Waals surface area contributed by atoms with Crippen molar-refractivity contribution in [2.75, 3.05) is 10.0 Å². The first-order valence-electron chi connectivity index (χ1n) is 8.80. The monoisotopic (exact) mass is 360 g/mol.